The van der Waals surface area contributed by atoms with Crippen LogP contribution in [0.1, 0.15) is 38.1 Å². The molecule has 0 fully saturated rings. The molecule has 0 aliphatic heterocycles. The molecule has 2 rings (SSSR count). The van der Waals surface area contributed by atoms with Crippen molar-refractivity contribution in [3.05, 3.63) is 48.0 Å². The van der Waals surface area contributed by atoms with Gasteiger partial charge < -0.3 is 24.8 Å². The van der Waals surface area contributed by atoms with Crippen LogP contribution in [0.4, 0.5) is 11.4 Å². The van der Waals surface area contributed by atoms with Gasteiger partial charge in [-0.25, -0.2) is 4.79 Å². The van der Waals surface area contributed by atoms with Gasteiger partial charge >= 0.3 is 5.97 Å². The summed E-state index contributed by atoms with van der Waals surface area (Å²) in [6.45, 7) is 7.46. The van der Waals surface area contributed by atoms with E-state index in [1.54, 1.807) is 36.4 Å². The van der Waals surface area contributed by atoms with Gasteiger partial charge in [0.2, 0.25) is 5.91 Å². The Balaban J connectivity index is 1.99. The Morgan fingerprint density at radius 2 is 1.43 bits per heavy atom. The van der Waals surface area contributed by atoms with Crippen LogP contribution in [0.5, 0.6) is 11.5 Å². The molecule has 0 aromatic heterocycles. The summed E-state index contributed by atoms with van der Waals surface area (Å²) in [5.41, 5.74) is 1.37. The zero-order chi connectivity index (χ0) is 22.1. The van der Waals surface area contributed by atoms with E-state index < -0.39 is 18.0 Å². The summed E-state index contributed by atoms with van der Waals surface area (Å²) >= 11 is 0. The fraction of sp³-hybridized carbons (Fsp3) is 0.318. The number of carbonyl (C=O) groups is 3. The number of ether oxygens (including phenoxy) is 3. The lowest BCUT2D eigenvalue weighted by Crippen LogP contribution is -2.30. The van der Waals surface area contributed by atoms with Crippen LogP contribution in [0.25, 0.3) is 0 Å². The lowest BCUT2D eigenvalue weighted by atomic mass is 10.2. The highest BCUT2D eigenvalue weighted by Crippen LogP contribution is 2.29. The van der Waals surface area contributed by atoms with E-state index in [4.69, 9.17) is 14.2 Å². The van der Waals surface area contributed by atoms with Crippen molar-refractivity contribution < 1.29 is 28.6 Å². The molecule has 0 aliphatic carbocycles. The smallest absolute Gasteiger partial charge is 0.339 e. The van der Waals surface area contributed by atoms with Crippen LogP contribution < -0.4 is 20.1 Å². The zero-order valence-electron chi connectivity index (χ0n) is 17.5. The predicted molar refractivity (Wildman–Crippen MR) is 113 cm³/mol. The van der Waals surface area contributed by atoms with E-state index in [-0.39, 0.29) is 11.5 Å². The fourth-order valence-corrected chi connectivity index (χ4v) is 2.54. The van der Waals surface area contributed by atoms with Gasteiger partial charge in [-0.1, -0.05) is 0 Å². The topological polar surface area (TPSA) is 103 Å². The van der Waals surface area contributed by atoms with E-state index in [0.717, 1.165) is 0 Å². The molecule has 2 aromatic rings. The van der Waals surface area contributed by atoms with E-state index in [9.17, 15) is 14.4 Å². The quantitative estimate of drug-likeness (QED) is 0.608. The van der Waals surface area contributed by atoms with Crippen molar-refractivity contribution in [3.63, 3.8) is 0 Å². The fourth-order valence-electron chi connectivity index (χ4n) is 2.54. The molecular weight excluding hydrogens is 388 g/mol. The van der Waals surface area contributed by atoms with E-state index in [1.165, 1.54) is 19.9 Å². The van der Waals surface area contributed by atoms with E-state index >= 15 is 0 Å². The van der Waals surface area contributed by atoms with Crippen molar-refractivity contribution in [2.45, 2.75) is 33.8 Å². The van der Waals surface area contributed by atoms with E-state index in [0.29, 0.717) is 36.1 Å². The Bertz CT molecular complexity index is 895. The van der Waals surface area contributed by atoms with Gasteiger partial charge in [0.15, 0.2) is 17.6 Å². The summed E-state index contributed by atoms with van der Waals surface area (Å²) in [5.74, 6) is -0.349. The molecule has 1 atom stereocenters. The predicted octanol–water partition coefficient (Wildman–Crippen LogP) is 3.63. The Kier molecular flexibility index (Phi) is 8.22. The average Bonchev–Trinajstić information content (AvgIpc) is 2.70. The van der Waals surface area contributed by atoms with Crippen LogP contribution >= 0.6 is 0 Å². The van der Waals surface area contributed by atoms with Gasteiger partial charge in [0.25, 0.3) is 5.91 Å². The number of anilines is 2. The number of carbonyl (C=O) groups excluding carboxylic acids is 3. The first-order valence-corrected chi connectivity index (χ1v) is 9.63. The minimum absolute atomic E-state index is 0.186. The molecule has 2 aromatic carbocycles. The van der Waals surface area contributed by atoms with Crippen molar-refractivity contribution >= 4 is 29.2 Å². The van der Waals surface area contributed by atoms with E-state index in [2.05, 4.69) is 10.6 Å². The van der Waals surface area contributed by atoms with Gasteiger partial charge in [-0.2, -0.15) is 0 Å². The summed E-state index contributed by atoms with van der Waals surface area (Å²) in [4.78, 5) is 35.8. The normalized spacial score (nSPS) is 11.2. The number of hydrogen-bond donors (Lipinski definition) is 2. The number of amides is 2. The Hall–Kier alpha value is -3.55. The molecule has 0 spiro atoms. The molecule has 8 heteroatoms. The standard InChI is InChI=1S/C22H26N2O6/c1-5-28-19-12-7-16(13-20(19)29-6-2)22(27)30-14(3)21(26)24-18-10-8-17(9-11-18)23-15(4)25/h7-14H,5-6H2,1-4H3,(H,23,25)(H,24,26)/t14-/m1/s1. The SMILES string of the molecule is CCOc1ccc(C(=O)O[C@H](C)C(=O)Nc2ccc(NC(C)=O)cc2)cc1OCC. The second kappa shape index (κ2) is 10.8. The molecule has 2 N–H and O–H groups in total. The summed E-state index contributed by atoms with van der Waals surface area (Å²) in [6, 6.07) is 11.3. The molecule has 0 saturated carbocycles. The van der Waals surface area contributed by atoms with Crippen molar-refractivity contribution in [2.24, 2.45) is 0 Å². The number of nitrogens with one attached hydrogen (secondary N) is 2. The molecule has 0 radical (unpaired) electrons. The first-order valence-electron chi connectivity index (χ1n) is 9.63. The third kappa shape index (κ3) is 6.51. The molecule has 0 aliphatic rings. The maximum Gasteiger partial charge on any atom is 0.339 e. The van der Waals surface area contributed by atoms with Gasteiger partial charge in [-0.15, -0.1) is 0 Å². The molecule has 8 nitrogen and oxygen atoms in total. The Morgan fingerprint density at radius 1 is 0.867 bits per heavy atom. The molecular formula is C22H26N2O6. The van der Waals surface area contributed by atoms with Gasteiger partial charge in [0.05, 0.1) is 18.8 Å². The van der Waals surface area contributed by atoms with Gasteiger partial charge in [0, 0.05) is 18.3 Å². The molecule has 30 heavy (non-hydrogen) atoms. The highest BCUT2D eigenvalue weighted by molar-refractivity contribution is 5.98. The number of rotatable bonds is 9. The maximum atomic E-state index is 12.4. The highest BCUT2D eigenvalue weighted by Gasteiger charge is 2.20. The van der Waals surface area contributed by atoms with Gasteiger partial charge in [-0.05, 0) is 63.2 Å². The molecule has 160 valence electrons. The maximum absolute atomic E-state index is 12.4. The Labute approximate surface area is 175 Å². The lowest BCUT2D eigenvalue weighted by molar-refractivity contribution is -0.123. The second-order valence-electron chi connectivity index (χ2n) is 6.32. The summed E-state index contributed by atoms with van der Waals surface area (Å²) in [5, 5.41) is 5.30. The Morgan fingerprint density at radius 3 is 2.00 bits per heavy atom. The minimum Gasteiger partial charge on any atom is -0.490 e. The average molecular weight is 414 g/mol. The largest absolute Gasteiger partial charge is 0.490 e. The molecule has 0 heterocycles. The van der Waals surface area contributed by atoms with Crippen molar-refractivity contribution in [3.8, 4) is 11.5 Å². The molecule has 2 amide bonds. The third-order valence-corrected chi connectivity index (χ3v) is 3.90. The minimum atomic E-state index is -1.02. The van der Waals surface area contributed by atoms with Crippen molar-refractivity contribution in [1.29, 1.82) is 0 Å². The lowest BCUT2D eigenvalue weighted by Gasteiger charge is -2.15. The number of esters is 1. The van der Waals surface area contributed by atoms with Gasteiger partial charge in [0.1, 0.15) is 0 Å². The molecule has 0 unspecified atom stereocenters. The van der Waals surface area contributed by atoms with Crippen LogP contribution in [0, 0.1) is 0 Å². The molecule has 0 saturated heterocycles. The van der Waals surface area contributed by atoms with Crippen LogP contribution in [-0.4, -0.2) is 37.1 Å². The highest BCUT2D eigenvalue weighted by atomic mass is 16.5. The first-order chi connectivity index (χ1) is 14.3. The van der Waals surface area contributed by atoms with Crippen molar-refractivity contribution in [1.82, 2.24) is 0 Å². The monoisotopic (exact) mass is 414 g/mol. The van der Waals surface area contributed by atoms with Crippen LogP contribution in [0.3, 0.4) is 0 Å². The summed E-state index contributed by atoms with van der Waals surface area (Å²) in [6.07, 6.45) is -1.02. The molecule has 0 bridgehead atoms. The van der Waals surface area contributed by atoms with E-state index in [1.807, 2.05) is 13.8 Å². The van der Waals surface area contributed by atoms with Crippen LogP contribution in [-0.2, 0) is 14.3 Å². The number of benzene rings is 2. The zero-order valence-corrected chi connectivity index (χ0v) is 17.5. The summed E-state index contributed by atoms with van der Waals surface area (Å²) < 4.78 is 16.3. The second-order valence-corrected chi connectivity index (χ2v) is 6.32. The van der Waals surface area contributed by atoms with Gasteiger partial charge in [-0.3, -0.25) is 9.59 Å². The first kappa shape index (κ1) is 22.7. The van der Waals surface area contributed by atoms with Crippen LogP contribution in [0.2, 0.25) is 0 Å². The summed E-state index contributed by atoms with van der Waals surface area (Å²) in [7, 11) is 0. The van der Waals surface area contributed by atoms with Crippen molar-refractivity contribution in [2.75, 3.05) is 23.8 Å². The number of hydrogen-bond acceptors (Lipinski definition) is 6. The third-order valence-electron chi connectivity index (χ3n) is 3.90. The van der Waals surface area contributed by atoms with Crippen LogP contribution in [0.15, 0.2) is 42.5 Å².